The quantitative estimate of drug-likeness (QED) is 0.414. The molecule has 0 aromatic heterocycles. The predicted molar refractivity (Wildman–Crippen MR) is 43.1 cm³/mol. The molecule has 0 spiro atoms. The highest BCUT2D eigenvalue weighted by atomic mass is 16.5. The lowest BCUT2D eigenvalue weighted by Gasteiger charge is -2.00. The first kappa shape index (κ1) is 11.1. The van der Waals surface area contributed by atoms with E-state index in [0.29, 0.717) is 0 Å². The van der Waals surface area contributed by atoms with Crippen molar-refractivity contribution in [1.29, 1.82) is 0 Å². The van der Waals surface area contributed by atoms with Crippen LogP contribution in [-0.2, 0) is 9.53 Å². The molecule has 0 aromatic carbocycles. The maximum absolute atomic E-state index is 10.9. The Bertz CT molecular complexity index is 167. The second-order valence-electron chi connectivity index (χ2n) is 2.05. The third-order valence-corrected chi connectivity index (χ3v) is 1.07. The van der Waals surface area contributed by atoms with Gasteiger partial charge < -0.3 is 14.9 Å². The van der Waals surface area contributed by atoms with Gasteiger partial charge in [-0.15, -0.1) is 0 Å². The second kappa shape index (κ2) is 6.75. The highest BCUT2D eigenvalue weighted by Gasteiger charge is 2.05. The van der Waals surface area contributed by atoms with Gasteiger partial charge in [-0.05, 0) is 6.92 Å². The first-order valence-electron chi connectivity index (χ1n) is 3.62. The third-order valence-electron chi connectivity index (χ3n) is 1.07. The Labute approximate surface area is 70.7 Å². The van der Waals surface area contributed by atoms with Gasteiger partial charge in [0.15, 0.2) is 0 Å². The first-order chi connectivity index (χ1) is 5.72. The molecular weight excluding hydrogens is 162 g/mol. The van der Waals surface area contributed by atoms with Crippen LogP contribution in [-0.4, -0.2) is 48.3 Å². The fraction of sp³-hybridized carbons (Fsp3) is 0.714. The molecule has 5 heteroatoms. The van der Waals surface area contributed by atoms with Gasteiger partial charge in [0.25, 0.3) is 0 Å². The monoisotopic (exact) mass is 175 g/mol. The van der Waals surface area contributed by atoms with Crippen molar-refractivity contribution in [2.24, 2.45) is 4.99 Å². The molecule has 0 heterocycles. The van der Waals surface area contributed by atoms with Crippen LogP contribution in [0.15, 0.2) is 4.99 Å². The van der Waals surface area contributed by atoms with Crippen LogP contribution >= 0.6 is 0 Å². The van der Waals surface area contributed by atoms with Gasteiger partial charge in [-0.1, -0.05) is 0 Å². The minimum Gasteiger partial charge on any atom is -0.459 e. The van der Waals surface area contributed by atoms with E-state index < -0.39 is 5.97 Å². The molecule has 0 unspecified atom stereocenters. The molecule has 0 aliphatic heterocycles. The summed E-state index contributed by atoms with van der Waals surface area (Å²) in [6, 6.07) is 0. The van der Waals surface area contributed by atoms with Crippen molar-refractivity contribution in [3.8, 4) is 0 Å². The number of aliphatic imine (C=N–C) groups is 1. The Morgan fingerprint density at radius 2 is 2.08 bits per heavy atom. The summed E-state index contributed by atoms with van der Waals surface area (Å²) < 4.78 is 4.55. The number of hydrogen-bond donors (Lipinski definition) is 2. The zero-order valence-electron chi connectivity index (χ0n) is 6.99. The maximum Gasteiger partial charge on any atom is 0.351 e. The lowest BCUT2D eigenvalue weighted by atomic mass is 10.4. The van der Waals surface area contributed by atoms with Crippen LogP contribution in [0.3, 0.4) is 0 Å². The van der Waals surface area contributed by atoms with Gasteiger partial charge in [0, 0.05) is 0 Å². The van der Waals surface area contributed by atoms with Crippen LogP contribution in [0.25, 0.3) is 0 Å². The molecule has 0 aromatic rings. The van der Waals surface area contributed by atoms with Gasteiger partial charge in [-0.3, -0.25) is 4.99 Å². The molecule has 0 bridgehead atoms. The largest absolute Gasteiger partial charge is 0.459 e. The average Bonchev–Trinajstić information content (AvgIpc) is 2.10. The van der Waals surface area contributed by atoms with Crippen molar-refractivity contribution in [3.05, 3.63) is 0 Å². The molecule has 0 aliphatic carbocycles. The SMILES string of the molecule is CC(=NCCO)C(=O)OCCO. The fourth-order valence-electron chi connectivity index (χ4n) is 0.525. The Morgan fingerprint density at radius 1 is 1.42 bits per heavy atom. The molecule has 0 amide bonds. The van der Waals surface area contributed by atoms with Gasteiger partial charge in [-0.2, -0.15) is 0 Å². The lowest BCUT2D eigenvalue weighted by Crippen LogP contribution is -2.17. The fourth-order valence-corrected chi connectivity index (χ4v) is 0.525. The number of ether oxygens (including phenoxy) is 1. The second-order valence-corrected chi connectivity index (χ2v) is 2.05. The standard InChI is InChI=1S/C7H13NO4/c1-6(8-2-3-9)7(11)12-5-4-10/h9-10H,2-5H2,1H3. The van der Waals surface area contributed by atoms with E-state index in [-0.39, 0.29) is 32.1 Å². The topological polar surface area (TPSA) is 79.1 Å². The molecule has 5 nitrogen and oxygen atoms in total. The summed E-state index contributed by atoms with van der Waals surface area (Å²) >= 11 is 0. The van der Waals surface area contributed by atoms with Gasteiger partial charge >= 0.3 is 5.97 Å². The smallest absolute Gasteiger partial charge is 0.351 e. The molecule has 0 rings (SSSR count). The van der Waals surface area contributed by atoms with Crippen LogP contribution in [0.4, 0.5) is 0 Å². The van der Waals surface area contributed by atoms with Crippen molar-refractivity contribution in [1.82, 2.24) is 0 Å². The number of carbonyl (C=O) groups is 1. The van der Waals surface area contributed by atoms with Crippen molar-refractivity contribution in [2.75, 3.05) is 26.4 Å². The maximum atomic E-state index is 10.9. The summed E-state index contributed by atoms with van der Waals surface area (Å²) in [5.41, 5.74) is 0.206. The van der Waals surface area contributed by atoms with Crippen LogP contribution in [0, 0.1) is 0 Å². The molecule has 2 N–H and O–H groups in total. The molecule has 0 radical (unpaired) electrons. The number of rotatable bonds is 5. The van der Waals surface area contributed by atoms with Crippen LogP contribution in [0.1, 0.15) is 6.92 Å². The molecule has 0 saturated heterocycles. The minimum atomic E-state index is -0.558. The number of esters is 1. The average molecular weight is 175 g/mol. The van der Waals surface area contributed by atoms with E-state index in [2.05, 4.69) is 9.73 Å². The summed E-state index contributed by atoms with van der Waals surface area (Å²) in [6.07, 6.45) is 0. The van der Waals surface area contributed by atoms with E-state index in [4.69, 9.17) is 10.2 Å². The Hall–Kier alpha value is -0.940. The Kier molecular flexibility index (Phi) is 6.22. The number of carbonyl (C=O) groups excluding carboxylic acids is 1. The minimum absolute atomic E-state index is 0.0230. The normalized spacial score (nSPS) is 11.4. The number of aliphatic hydroxyl groups excluding tert-OH is 2. The molecule has 0 aliphatic rings. The molecule has 0 fully saturated rings. The number of hydrogen-bond acceptors (Lipinski definition) is 5. The van der Waals surface area contributed by atoms with E-state index in [1.54, 1.807) is 0 Å². The summed E-state index contributed by atoms with van der Waals surface area (Å²) in [7, 11) is 0. The molecule has 0 saturated carbocycles. The van der Waals surface area contributed by atoms with Crippen LogP contribution in [0.5, 0.6) is 0 Å². The van der Waals surface area contributed by atoms with E-state index in [9.17, 15) is 4.79 Å². The van der Waals surface area contributed by atoms with E-state index in [1.807, 2.05) is 0 Å². The highest BCUT2D eigenvalue weighted by molar-refractivity contribution is 6.35. The summed E-state index contributed by atoms with van der Waals surface area (Å²) in [6.45, 7) is 1.38. The van der Waals surface area contributed by atoms with Crippen molar-refractivity contribution in [2.45, 2.75) is 6.92 Å². The highest BCUT2D eigenvalue weighted by Crippen LogP contribution is 1.84. The van der Waals surface area contributed by atoms with E-state index in [1.165, 1.54) is 6.92 Å². The van der Waals surface area contributed by atoms with Crippen molar-refractivity contribution < 1.29 is 19.7 Å². The summed E-state index contributed by atoms with van der Waals surface area (Å²) in [5, 5.41) is 16.7. The van der Waals surface area contributed by atoms with Crippen LogP contribution < -0.4 is 0 Å². The first-order valence-corrected chi connectivity index (χ1v) is 3.62. The third kappa shape index (κ3) is 4.81. The van der Waals surface area contributed by atoms with Crippen molar-refractivity contribution in [3.63, 3.8) is 0 Å². The molecular formula is C7H13NO4. The lowest BCUT2D eigenvalue weighted by molar-refractivity contribution is -0.136. The Balaban J connectivity index is 3.75. The summed E-state index contributed by atoms with van der Waals surface area (Å²) in [5.74, 6) is -0.558. The number of aliphatic hydroxyl groups is 2. The Morgan fingerprint density at radius 3 is 2.58 bits per heavy atom. The zero-order valence-corrected chi connectivity index (χ0v) is 6.99. The van der Waals surface area contributed by atoms with E-state index >= 15 is 0 Å². The summed E-state index contributed by atoms with van der Waals surface area (Å²) in [4.78, 5) is 14.6. The van der Waals surface area contributed by atoms with Crippen LogP contribution in [0.2, 0.25) is 0 Å². The molecule has 0 atom stereocenters. The van der Waals surface area contributed by atoms with Crippen molar-refractivity contribution >= 4 is 11.7 Å². The van der Waals surface area contributed by atoms with Gasteiger partial charge in [-0.25, -0.2) is 4.79 Å². The zero-order chi connectivity index (χ0) is 9.40. The predicted octanol–water partition coefficient (Wildman–Crippen LogP) is -1.02. The molecule has 12 heavy (non-hydrogen) atoms. The number of nitrogens with zero attached hydrogens (tertiary/aromatic N) is 1. The molecule has 70 valence electrons. The van der Waals surface area contributed by atoms with Gasteiger partial charge in [0.05, 0.1) is 19.8 Å². The van der Waals surface area contributed by atoms with Gasteiger partial charge in [0.2, 0.25) is 0 Å². The van der Waals surface area contributed by atoms with Gasteiger partial charge in [0.1, 0.15) is 12.3 Å². The van der Waals surface area contributed by atoms with E-state index in [0.717, 1.165) is 0 Å².